The van der Waals surface area contributed by atoms with Gasteiger partial charge in [0.1, 0.15) is 13.2 Å². The van der Waals surface area contributed by atoms with Crippen LogP contribution in [0.1, 0.15) is 297 Å². The van der Waals surface area contributed by atoms with E-state index in [4.69, 9.17) is 14.2 Å². The summed E-state index contributed by atoms with van der Waals surface area (Å²) in [5, 5.41) is 0. The first-order chi connectivity index (χ1) is 36.5. The average molecular weight is 1030 g/mol. The molecule has 6 heteroatoms. The molecule has 0 saturated carbocycles. The van der Waals surface area contributed by atoms with E-state index in [9.17, 15) is 14.4 Å². The summed E-state index contributed by atoms with van der Waals surface area (Å²) >= 11 is 0. The van der Waals surface area contributed by atoms with Crippen LogP contribution in [0.4, 0.5) is 0 Å². The number of unbranched alkanes of at least 4 members (excludes halogenated alkanes) is 29. The Labute approximate surface area is 457 Å². The monoisotopic (exact) mass is 1030 g/mol. The summed E-state index contributed by atoms with van der Waals surface area (Å²) in [7, 11) is 0. The molecule has 0 aliphatic heterocycles. The zero-order chi connectivity index (χ0) is 53.6. The van der Waals surface area contributed by atoms with Gasteiger partial charge >= 0.3 is 17.9 Å². The van der Waals surface area contributed by atoms with Crippen molar-refractivity contribution in [3.63, 3.8) is 0 Å². The molecule has 0 amide bonds. The molecule has 1 unspecified atom stereocenters. The van der Waals surface area contributed by atoms with Crippen molar-refractivity contribution >= 4 is 17.9 Å². The van der Waals surface area contributed by atoms with Gasteiger partial charge in [0, 0.05) is 19.3 Å². The molecule has 0 bridgehead atoms. The van der Waals surface area contributed by atoms with E-state index < -0.39 is 6.10 Å². The summed E-state index contributed by atoms with van der Waals surface area (Å²) in [5.41, 5.74) is 0. The smallest absolute Gasteiger partial charge is 0.306 e. The first-order valence-corrected chi connectivity index (χ1v) is 31.2. The van der Waals surface area contributed by atoms with Crippen molar-refractivity contribution in [2.45, 2.75) is 303 Å². The van der Waals surface area contributed by atoms with E-state index in [1.165, 1.54) is 135 Å². The topological polar surface area (TPSA) is 78.9 Å². The zero-order valence-electron chi connectivity index (χ0n) is 48.6. The third-order valence-corrected chi connectivity index (χ3v) is 13.3. The van der Waals surface area contributed by atoms with Crippen molar-refractivity contribution in [3.05, 3.63) is 97.2 Å². The molecule has 0 aromatic heterocycles. The van der Waals surface area contributed by atoms with Gasteiger partial charge in [0.05, 0.1) is 0 Å². The molecule has 0 spiro atoms. The predicted molar refractivity (Wildman–Crippen MR) is 320 cm³/mol. The normalized spacial score (nSPS) is 12.7. The van der Waals surface area contributed by atoms with Crippen LogP contribution in [0.15, 0.2) is 97.2 Å². The fourth-order valence-electron chi connectivity index (χ4n) is 8.61. The molecule has 0 radical (unpaired) electrons. The number of carbonyl (C=O) groups is 3. The number of ether oxygens (including phenoxy) is 3. The van der Waals surface area contributed by atoms with Crippen molar-refractivity contribution < 1.29 is 28.6 Å². The zero-order valence-corrected chi connectivity index (χ0v) is 48.6. The van der Waals surface area contributed by atoms with Crippen LogP contribution in [0.25, 0.3) is 0 Å². The predicted octanol–water partition coefficient (Wildman–Crippen LogP) is 21.3. The quantitative estimate of drug-likeness (QED) is 0.0261. The molecule has 0 saturated heterocycles. The minimum Gasteiger partial charge on any atom is -0.462 e. The van der Waals surface area contributed by atoms with Crippen molar-refractivity contribution in [1.29, 1.82) is 0 Å². The van der Waals surface area contributed by atoms with Gasteiger partial charge in [-0.25, -0.2) is 0 Å². The summed E-state index contributed by atoms with van der Waals surface area (Å²) in [5.74, 6) is -0.909. The van der Waals surface area contributed by atoms with E-state index >= 15 is 0 Å². The standard InChI is InChI=1S/C68H116O6/c1-4-7-10-13-16-19-22-25-28-30-32-33-34-35-36-38-40-43-46-49-52-55-58-61-67(70)73-64-65(63-72-66(69)60-57-54-51-48-45-42-39-27-24-21-18-15-12-9-6-3)74-68(71)62-59-56-53-50-47-44-41-37-31-29-26-23-20-17-14-11-8-5-2/h7,10,16,18-19,21,25,27-29,31-33,35-36,39,65H,4-6,8-9,11-15,17,20,22-24,26,30,34,37-38,40-64H2,1-3H3/b10-7-,19-16-,21-18-,28-25-,31-29-,33-32-,36-35-,39-27-. The second-order valence-electron chi connectivity index (χ2n) is 20.6. The number of allylic oxidation sites excluding steroid dienone is 16. The highest BCUT2D eigenvalue weighted by Gasteiger charge is 2.19. The highest BCUT2D eigenvalue weighted by molar-refractivity contribution is 5.71. The molecule has 0 heterocycles. The highest BCUT2D eigenvalue weighted by atomic mass is 16.6. The summed E-state index contributed by atoms with van der Waals surface area (Å²) in [6.07, 6.45) is 82.5. The summed E-state index contributed by atoms with van der Waals surface area (Å²) in [4.78, 5) is 38.3. The molecule has 0 aliphatic rings. The van der Waals surface area contributed by atoms with Gasteiger partial charge in [-0.2, -0.15) is 0 Å². The maximum absolute atomic E-state index is 12.9. The van der Waals surface area contributed by atoms with Crippen LogP contribution in [0.2, 0.25) is 0 Å². The van der Waals surface area contributed by atoms with Crippen molar-refractivity contribution in [2.24, 2.45) is 0 Å². The lowest BCUT2D eigenvalue weighted by molar-refractivity contribution is -0.167. The molecule has 0 rings (SSSR count). The van der Waals surface area contributed by atoms with Crippen LogP contribution in [0, 0.1) is 0 Å². The van der Waals surface area contributed by atoms with Crippen molar-refractivity contribution in [1.82, 2.24) is 0 Å². The molecule has 1 atom stereocenters. The Bertz CT molecular complexity index is 1460. The van der Waals surface area contributed by atoms with Crippen LogP contribution in [-0.2, 0) is 28.6 Å². The van der Waals surface area contributed by atoms with E-state index in [1.807, 2.05) is 0 Å². The molecule has 0 N–H and O–H groups in total. The summed E-state index contributed by atoms with van der Waals surface area (Å²) in [6.45, 7) is 6.49. The Hall–Kier alpha value is -3.67. The van der Waals surface area contributed by atoms with Crippen LogP contribution < -0.4 is 0 Å². The fraction of sp³-hybridized carbons (Fsp3) is 0.721. The van der Waals surface area contributed by atoms with Gasteiger partial charge in [-0.3, -0.25) is 14.4 Å². The Morgan fingerprint density at radius 3 is 0.865 bits per heavy atom. The van der Waals surface area contributed by atoms with E-state index in [2.05, 4.69) is 118 Å². The minimum atomic E-state index is -0.792. The van der Waals surface area contributed by atoms with Crippen LogP contribution in [0.3, 0.4) is 0 Å². The largest absolute Gasteiger partial charge is 0.462 e. The van der Waals surface area contributed by atoms with Crippen molar-refractivity contribution in [3.8, 4) is 0 Å². The Morgan fingerprint density at radius 2 is 0.527 bits per heavy atom. The lowest BCUT2D eigenvalue weighted by Crippen LogP contribution is -2.30. The van der Waals surface area contributed by atoms with Gasteiger partial charge in [0.15, 0.2) is 6.10 Å². The van der Waals surface area contributed by atoms with Crippen LogP contribution in [-0.4, -0.2) is 37.2 Å². The molecule has 0 fully saturated rings. The van der Waals surface area contributed by atoms with Crippen LogP contribution in [0.5, 0.6) is 0 Å². The van der Waals surface area contributed by atoms with Gasteiger partial charge in [-0.1, -0.05) is 253 Å². The SMILES string of the molecule is CC/C=C\C/C=C\C/C=C\C/C=C\C/C=C\CCCCCCCCCC(=O)OCC(COC(=O)CCCCCCC/C=C\C/C=C\CCCCC)OC(=O)CCCCCCCCC/C=C\CCCCCCCCC. The number of carbonyl (C=O) groups excluding carboxylic acids is 3. The lowest BCUT2D eigenvalue weighted by Gasteiger charge is -2.18. The molecule has 0 aromatic rings. The Morgan fingerprint density at radius 1 is 0.284 bits per heavy atom. The van der Waals surface area contributed by atoms with E-state index in [1.54, 1.807) is 0 Å². The van der Waals surface area contributed by atoms with Gasteiger partial charge in [-0.05, 0) is 122 Å². The third-order valence-electron chi connectivity index (χ3n) is 13.3. The Kier molecular flexibility index (Phi) is 58.8. The van der Waals surface area contributed by atoms with Gasteiger partial charge in [0.25, 0.3) is 0 Å². The first-order valence-electron chi connectivity index (χ1n) is 31.2. The highest BCUT2D eigenvalue weighted by Crippen LogP contribution is 2.15. The number of rotatable bonds is 56. The minimum absolute atomic E-state index is 0.0895. The molecule has 0 aliphatic carbocycles. The molecular formula is C68H116O6. The lowest BCUT2D eigenvalue weighted by atomic mass is 10.1. The first kappa shape index (κ1) is 70.3. The number of hydrogen-bond donors (Lipinski definition) is 0. The van der Waals surface area contributed by atoms with E-state index in [-0.39, 0.29) is 31.1 Å². The molecule has 0 aromatic carbocycles. The number of hydrogen-bond acceptors (Lipinski definition) is 6. The maximum Gasteiger partial charge on any atom is 0.306 e. The summed E-state index contributed by atoms with van der Waals surface area (Å²) in [6, 6.07) is 0. The van der Waals surface area contributed by atoms with Crippen LogP contribution >= 0.6 is 0 Å². The molecular weight excluding hydrogens is 913 g/mol. The molecule has 74 heavy (non-hydrogen) atoms. The molecule has 424 valence electrons. The van der Waals surface area contributed by atoms with E-state index in [0.717, 1.165) is 122 Å². The fourth-order valence-corrected chi connectivity index (χ4v) is 8.61. The number of esters is 3. The summed E-state index contributed by atoms with van der Waals surface area (Å²) < 4.78 is 16.9. The average Bonchev–Trinajstić information content (AvgIpc) is 3.40. The van der Waals surface area contributed by atoms with Gasteiger partial charge in [0.2, 0.25) is 0 Å². The van der Waals surface area contributed by atoms with Gasteiger partial charge < -0.3 is 14.2 Å². The second-order valence-corrected chi connectivity index (χ2v) is 20.6. The second kappa shape index (κ2) is 61.9. The molecule has 6 nitrogen and oxygen atoms in total. The van der Waals surface area contributed by atoms with Gasteiger partial charge in [-0.15, -0.1) is 0 Å². The maximum atomic E-state index is 12.9. The van der Waals surface area contributed by atoms with E-state index in [0.29, 0.717) is 19.3 Å². The Balaban J connectivity index is 4.41. The van der Waals surface area contributed by atoms with Crippen molar-refractivity contribution in [2.75, 3.05) is 13.2 Å². The third kappa shape index (κ3) is 59.2.